The second-order valence-electron chi connectivity index (χ2n) is 9.22. The van der Waals surface area contributed by atoms with Gasteiger partial charge in [0.15, 0.2) is 11.5 Å². The largest absolute Gasteiger partial charge is 0.454 e. The molecule has 5 rings (SSSR count). The molecule has 2 fully saturated rings. The molecule has 12 heteroatoms. The van der Waals surface area contributed by atoms with Gasteiger partial charge in [0, 0.05) is 31.4 Å². The van der Waals surface area contributed by atoms with E-state index in [0.29, 0.717) is 36.8 Å². The van der Waals surface area contributed by atoms with Crippen LogP contribution in [0.3, 0.4) is 0 Å². The molecule has 0 unspecified atom stereocenters. The highest BCUT2D eigenvalue weighted by Gasteiger charge is 2.31. The fourth-order valence-electron chi connectivity index (χ4n) is 4.74. The average Bonchev–Trinajstić information content (AvgIpc) is 3.68. The zero-order chi connectivity index (χ0) is 24.9. The molecule has 0 bridgehead atoms. The minimum Gasteiger partial charge on any atom is -0.454 e. The molecular formula is C24H30N6O5S. The molecule has 3 amide bonds. The number of likely N-dealkylation sites (tertiary alicyclic amines) is 2. The Morgan fingerprint density at radius 2 is 1.83 bits per heavy atom. The standard InChI is InChI=1S/C24H30N6O5S/c31-20(25-8-4-11-29-9-1-2-10-29)16-5-3-12-30(14-16)24(33)23-28-27-22(36-23)21(32)26-17-6-7-18-19(13-17)35-15-34-18/h6-7,13,16H,1-5,8-12,14-15H2,(H,25,31)(H,26,32)/t16-/m0/s1. The Bertz CT molecular complexity index is 1120. The fraction of sp³-hybridized carbons (Fsp3) is 0.542. The average molecular weight is 515 g/mol. The van der Waals surface area contributed by atoms with Gasteiger partial charge in [-0.1, -0.05) is 11.3 Å². The van der Waals surface area contributed by atoms with Gasteiger partial charge in [-0.3, -0.25) is 14.4 Å². The monoisotopic (exact) mass is 514 g/mol. The quantitative estimate of drug-likeness (QED) is 0.512. The van der Waals surface area contributed by atoms with Crippen molar-refractivity contribution in [1.29, 1.82) is 0 Å². The Balaban J connectivity index is 1.11. The van der Waals surface area contributed by atoms with Gasteiger partial charge in [0.1, 0.15) is 0 Å². The number of carbonyl (C=O) groups excluding carboxylic acids is 3. The van der Waals surface area contributed by atoms with Gasteiger partial charge in [0.25, 0.3) is 11.8 Å². The lowest BCUT2D eigenvalue weighted by atomic mass is 9.97. The van der Waals surface area contributed by atoms with Gasteiger partial charge < -0.3 is 29.9 Å². The third-order valence-corrected chi connectivity index (χ3v) is 7.57. The smallest absolute Gasteiger partial charge is 0.286 e. The van der Waals surface area contributed by atoms with E-state index in [1.54, 1.807) is 23.1 Å². The van der Waals surface area contributed by atoms with Gasteiger partial charge in [0.2, 0.25) is 22.7 Å². The van der Waals surface area contributed by atoms with Crippen molar-refractivity contribution >= 4 is 34.7 Å². The highest BCUT2D eigenvalue weighted by molar-refractivity contribution is 7.15. The Labute approximate surface area is 213 Å². The number of rotatable bonds is 8. The Morgan fingerprint density at radius 3 is 2.69 bits per heavy atom. The fourth-order valence-corrected chi connectivity index (χ4v) is 5.44. The number of fused-ring (bicyclic) bond motifs is 1. The van der Waals surface area contributed by atoms with E-state index >= 15 is 0 Å². The molecule has 0 spiro atoms. The number of aromatic nitrogens is 2. The van der Waals surface area contributed by atoms with Crippen molar-refractivity contribution < 1.29 is 23.9 Å². The first-order chi connectivity index (χ1) is 17.6. The van der Waals surface area contributed by atoms with Crippen LogP contribution in [-0.2, 0) is 4.79 Å². The minimum absolute atomic E-state index is 0.00465. The maximum absolute atomic E-state index is 13.0. The molecule has 4 heterocycles. The zero-order valence-electron chi connectivity index (χ0n) is 20.0. The molecule has 3 aliphatic rings. The Hall–Kier alpha value is -3.25. The summed E-state index contributed by atoms with van der Waals surface area (Å²) in [6, 6.07) is 5.08. The highest BCUT2D eigenvalue weighted by atomic mass is 32.1. The number of hydrogen-bond acceptors (Lipinski definition) is 9. The number of piperidine rings is 1. The van der Waals surface area contributed by atoms with E-state index in [2.05, 4.69) is 25.7 Å². The van der Waals surface area contributed by atoms with Crippen LogP contribution in [0.15, 0.2) is 18.2 Å². The van der Waals surface area contributed by atoms with Crippen molar-refractivity contribution in [3.63, 3.8) is 0 Å². The maximum Gasteiger partial charge on any atom is 0.286 e. The van der Waals surface area contributed by atoms with Crippen molar-refractivity contribution in [1.82, 2.24) is 25.3 Å². The molecule has 2 aromatic rings. The van der Waals surface area contributed by atoms with E-state index in [1.165, 1.54) is 12.8 Å². The molecule has 11 nitrogen and oxygen atoms in total. The van der Waals surface area contributed by atoms with Crippen LogP contribution in [0.5, 0.6) is 11.5 Å². The summed E-state index contributed by atoms with van der Waals surface area (Å²) < 4.78 is 10.6. The zero-order valence-corrected chi connectivity index (χ0v) is 20.8. The molecule has 0 saturated carbocycles. The van der Waals surface area contributed by atoms with Crippen molar-refractivity contribution in [2.24, 2.45) is 5.92 Å². The second kappa shape index (κ2) is 11.2. The third-order valence-electron chi connectivity index (χ3n) is 6.66. The van der Waals surface area contributed by atoms with Crippen LogP contribution >= 0.6 is 11.3 Å². The molecule has 2 saturated heterocycles. The van der Waals surface area contributed by atoms with Gasteiger partial charge in [-0.2, -0.15) is 0 Å². The van der Waals surface area contributed by atoms with Crippen molar-refractivity contribution in [2.75, 3.05) is 51.4 Å². The van der Waals surface area contributed by atoms with E-state index < -0.39 is 5.91 Å². The molecule has 0 radical (unpaired) electrons. The lowest BCUT2D eigenvalue weighted by Gasteiger charge is -2.31. The summed E-state index contributed by atoms with van der Waals surface area (Å²) in [6.45, 7) is 5.01. The van der Waals surface area contributed by atoms with E-state index in [1.807, 2.05) is 0 Å². The molecular weight excluding hydrogens is 484 g/mol. The molecule has 1 aromatic heterocycles. The van der Waals surface area contributed by atoms with Crippen molar-refractivity contribution in [2.45, 2.75) is 32.1 Å². The van der Waals surface area contributed by atoms with Crippen molar-refractivity contribution in [3.05, 3.63) is 28.2 Å². The summed E-state index contributed by atoms with van der Waals surface area (Å²) >= 11 is 0.939. The van der Waals surface area contributed by atoms with Gasteiger partial charge in [-0.05, 0) is 63.9 Å². The predicted molar refractivity (Wildman–Crippen MR) is 132 cm³/mol. The first kappa shape index (κ1) is 24.4. The normalized spacial score (nSPS) is 19.3. The lowest BCUT2D eigenvalue weighted by Crippen LogP contribution is -2.45. The Morgan fingerprint density at radius 1 is 1.03 bits per heavy atom. The minimum atomic E-state index is -0.463. The first-order valence-electron chi connectivity index (χ1n) is 12.4. The van der Waals surface area contributed by atoms with Crippen LogP contribution in [0.25, 0.3) is 0 Å². The van der Waals surface area contributed by atoms with Crippen LogP contribution in [-0.4, -0.2) is 83.8 Å². The molecule has 1 atom stereocenters. The van der Waals surface area contributed by atoms with Crippen LogP contribution in [0, 0.1) is 5.92 Å². The lowest BCUT2D eigenvalue weighted by molar-refractivity contribution is -0.126. The number of ether oxygens (including phenoxy) is 2. The second-order valence-corrected chi connectivity index (χ2v) is 10.2. The number of nitrogens with zero attached hydrogens (tertiary/aromatic N) is 4. The predicted octanol–water partition coefficient (Wildman–Crippen LogP) is 1.97. The van der Waals surface area contributed by atoms with Gasteiger partial charge in [-0.25, -0.2) is 0 Å². The van der Waals surface area contributed by atoms with E-state index in [0.717, 1.165) is 50.2 Å². The van der Waals surface area contributed by atoms with Gasteiger partial charge in [0.05, 0.1) is 5.92 Å². The Kier molecular flexibility index (Phi) is 7.61. The van der Waals surface area contributed by atoms with Crippen molar-refractivity contribution in [3.8, 4) is 11.5 Å². The molecule has 0 aliphatic carbocycles. The van der Waals surface area contributed by atoms with Crippen LogP contribution in [0.2, 0.25) is 0 Å². The summed E-state index contributed by atoms with van der Waals surface area (Å²) in [6.07, 6.45) is 4.95. The number of carbonyl (C=O) groups is 3. The molecule has 36 heavy (non-hydrogen) atoms. The number of benzene rings is 1. The SMILES string of the molecule is O=C(Nc1ccc2c(c1)OCO2)c1nnc(C(=O)N2CCC[C@H](C(=O)NCCCN3CCCC3)C2)s1. The maximum atomic E-state index is 13.0. The molecule has 3 aliphatic heterocycles. The number of amides is 3. The van der Waals surface area contributed by atoms with E-state index in [9.17, 15) is 14.4 Å². The van der Waals surface area contributed by atoms with E-state index in [-0.39, 0.29) is 34.5 Å². The van der Waals surface area contributed by atoms with Gasteiger partial charge in [-0.15, -0.1) is 10.2 Å². The van der Waals surface area contributed by atoms with Gasteiger partial charge >= 0.3 is 0 Å². The summed E-state index contributed by atoms with van der Waals surface area (Å²) in [4.78, 5) is 42.4. The highest BCUT2D eigenvalue weighted by Crippen LogP contribution is 2.34. The van der Waals surface area contributed by atoms with Crippen LogP contribution in [0.4, 0.5) is 5.69 Å². The third kappa shape index (κ3) is 5.76. The molecule has 1 aromatic carbocycles. The first-order valence-corrected chi connectivity index (χ1v) is 13.2. The number of hydrogen-bond donors (Lipinski definition) is 2. The summed E-state index contributed by atoms with van der Waals surface area (Å²) in [5.41, 5.74) is 0.526. The topological polar surface area (TPSA) is 126 Å². The molecule has 192 valence electrons. The summed E-state index contributed by atoms with van der Waals surface area (Å²) in [5, 5.41) is 13.8. The summed E-state index contributed by atoms with van der Waals surface area (Å²) in [5.74, 6) is 0.158. The summed E-state index contributed by atoms with van der Waals surface area (Å²) in [7, 11) is 0. The van der Waals surface area contributed by atoms with Crippen LogP contribution < -0.4 is 20.1 Å². The van der Waals surface area contributed by atoms with E-state index in [4.69, 9.17) is 9.47 Å². The van der Waals surface area contributed by atoms with Crippen LogP contribution in [0.1, 0.15) is 51.7 Å². The number of nitrogens with one attached hydrogen (secondary N) is 2. The number of anilines is 1. The molecule has 2 N–H and O–H groups in total.